The molecule has 0 saturated carbocycles. The molecule has 0 N–H and O–H groups in total. The topological polar surface area (TPSA) is 52.6 Å². The van der Waals surface area contributed by atoms with Crippen molar-refractivity contribution < 1.29 is 19.1 Å². The van der Waals surface area contributed by atoms with Gasteiger partial charge in [-0.1, -0.05) is 43.1 Å². The van der Waals surface area contributed by atoms with Gasteiger partial charge in [0.1, 0.15) is 0 Å². The first kappa shape index (κ1) is 18.7. The Bertz CT molecular complexity index is 538. The van der Waals surface area contributed by atoms with Crippen LogP contribution < -0.4 is 0 Å². The van der Waals surface area contributed by atoms with Gasteiger partial charge in [0.25, 0.3) is 0 Å². The third kappa shape index (κ3) is 5.44. The second-order valence-corrected chi connectivity index (χ2v) is 6.48. The molecule has 122 valence electrons. The molecule has 22 heavy (non-hydrogen) atoms. The first-order chi connectivity index (χ1) is 10.4. The quantitative estimate of drug-likeness (QED) is 0.522. The number of esters is 2. The van der Waals surface area contributed by atoms with E-state index in [-0.39, 0.29) is 17.0 Å². The SMILES string of the molecule is CCCCOC(=O)c1cc(Br)c(C)cc1C(=O)OCC(C)C. The van der Waals surface area contributed by atoms with Crippen LogP contribution >= 0.6 is 15.9 Å². The van der Waals surface area contributed by atoms with Crippen molar-refractivity contribution in [1.29, 1.82) is 0 Å². The van der Waals surface area contributed by atoms with Crippen LogP contribution in [0.5, 0.6) is 0 Å². The molecule has 0 unspecified atom stereocenters. The zero-order valence-corrected chi connectivity index (χ0v) is 15.2. The van der Waals surface area contributed by atoms with E-state index in [1.807, 2.05) is 27.7 Å². The Labute approximate surface area is 140 Å². The van der Waals surface area contributed by atoms with E-state index in [1.54, 1.807) is 12.1 Å². The molecule has 1 aromatic rings. The zero-order valence-electron chi connectivity index (χ0n) is 13.6. The highest BCUT2D eigenvalue weighted by Crippen LogP contribution is 2.23. The summed E-state index contributed by atoms with van der Waals surface area (Å²) >= 11 is 3.38. The fourth-order valence-electron chi connectivity index (χ4n) is 1.73. The molecule has 0 bridgehead atoms. The second-order valence-electron chi connectivity index (χ2n) is 5.63. The highest BCUT2D eigenvalue weighted by Gasteiger charge is 2.21. The van der Waals surface area contributed by atoms with Gasteiger partial charge in [-0.05, 0) is 37.0 Å². The number of benzene rings is 1. The van der Waals surface area contributed by atoms with Crippen LogP contribution in [0.15, 0.2) is 16.6 Å². The molecule has 0 aliphatic rings. The third-order valence-electron chi connectivity index (χ3n) is 3.02. The van der Waals surface area contributed by atoms with Gasteiger partial charge in [0.05, 0.1) is 24.3 Å². The van der Waals surface area contributed by atoms with Crippen molar-refractivity contribution in [2.24, 2.45) is 5.92 Å². The fourth-order valence-corrected chi connectivity index (χ4v) is 2.07. The van der Waals surface area contributed by atoms with Gasteiger partial charge in [0.2, 0.25) is 0 Å². The maximum Gasteiger partial charge on any atom is 0.339 e. The highest BCUT2D eigenvalue weighted by atomic mass is 79.9. The Kier molecular flexibility index (Phi) is 7.59. The van der Waals surface area contributed by atoms with Crippen LogP contribution in [0.4, 0.5) is 0 Å². The van der Waals surface area contributed by atoms with Gasteiger partial charge >= 0.3 is 11.9 Å². The van der Waals surface area contributed by atoms with Gasteiger partial charge < -0.3 is 9.47 Å². The summed E-state index contributed by atoms with van der Waals surface area (Å²) in [5.74, 6) is -0.752. The van der Waals surface area contributed by atoms with Crippen molar-refractivity contribution in [1.82, 2.24) is 0 Å². The lowest BCUT2D eigenvalue weighted by molar-refractivity contribution is 0.0428. The van der Waals surface area contributed by atoms with E-state index in [0.717, 1.165) is 22.9 Å². The average Bonchev–Trinajstić information content (AvgIpc) is 2.47. The molecule has 1 rings (SSSR count). The Morgan fingerprint density at radius 1 is 1.14 bits per heavy atom. The summed E-state index contributed by atoms with van der Waals surface area (Å²) in [5, 5.41) is 0. The fraction of sp³-hybridized carbons (Fsp3) is 0.529. The van der Waals surface area contributed by atoms with Crippen LogP contribution in [0, 0.1) is 12.8 Å². The molecule has 0 aliphatic heterocycles. The number of unbranched alkanes of at least 4 members (excludes halogenated alkanes) is 1. The summed E-state index contributed by atoms with van der Waals surface area (Å²) in [6, 6.07) is 3.28. The Morgan fingerprint density at radius 2 is 1.73 bits per heavy atom. The van der Waals surface area contributed by atoms with Crippen LogP contribution in [0.1, 0.15) is 59.9 Å². The molecule has 0 aliphatic carbocycles. The van der Waals surface area contributed by atoms with Crippen molar-refractivity contribution in [2.75, 3.05) is 13.2 Å². The van der Waals surface area contributed by atoms with Crippen molar-refractivity contribution in [3.8, 4) is 0 Å². The van der Waals surface area contributed by atoms with Crippen LogP contribution in [-0.4, -0.2) is 25.2 Å². The number of rotatable bonds is 7. The molecule has 0 radical (unpaired) electrons. The lowest BCUT2D eigenvalue weighted by atomic mass is 10.0. The molecule has 1 aromatic carbocycles. The Hall–Kier alpha value is -1.36. The maximum atomic E-state index is 12.2. The zero-order chi connectivity index (χ0) is 16.7. The number of aryl methyl sites for hydroxylation is 1. The Balaban J connectivity index is 3.01. The predicted molar refractivity (Wildman–Crippen MR) is 89.2 cm³/mol. The highest BCUT2D eigenvalue weighted by molar-refractivity contribution is 9.10. The molecule has 0 saturated heterocycles. The molecular weight excluding hydrogens is 348 g/mol. The summed E-state index contributed by atoms with van der Waals surface area (Å²) in [5.41, 5.74) is 1.35. The van der Waals surface area contributed by atoms with E-state index < -0.39 is 11.9 Å². The molecule has 0 spiro atoms. The summed E-state index contributed by atoms with van der Waals surface area (Å²) in [6.07, 6.45) is 1.74. The van der Waals surface area contributed by atoms with Crippen molar-refractivity contribution in [3.63, 3.8) is 0 Å². The smallest absolute Gasteiger partial charge is 0.339 e. The molecule has 4 nitrogen and oxygen atoms in total. The summed E-state index contributed by atoms with van der Waals surface area (Å²) in [7, 11) is 0. The number of hydrogen-bond donors (Lipinski definition) is 0. The molecule has 0 atom stereocenters. The molecule has 0 amide bonds. The lowest BCUT2D eigenvalue weighted by Gasteiger charge is -2.12. The van der Waals surface area contributed by atoms with E-state index in [4.69, 9.17) is 9.47 Å². The molecular formula is C17H23BrO4. The van der Waals surface area contributed by atoms with Gasteiger partial charge in [-0.3, -0.25) is 0 Å². The number of carbonyl (C=O) groups excluding carboxylic acids is 2. The van der Waals surface area contributed by atoms with Gasteiger partial charge in [-0.2, -0.15) is 0 Å². The summed E-state index contributed by atoms with van der Waals surface area (Å²) in [6.45, 7) is 8.46. The van der Waals surface area contributed by atoms with E-state index in [9.17, 15) is 9.59 Å². The standard InChI is InChI=1S/C17H23BrO4/c1-5-6-7-21-16(19)14-9-15(18)12(4)8-13(14)17(20)22-10-11(2)3/h8-9,11H,5-7,10H2,1-4H3. The van der Waals surface area contributed by atoms with Crippen molar-refractivity contribution >= 4 is 27.9 Å². The normalized spacial score (nSPS) is 10.6. The molecule has 0 heterocycles. The van der Waals surface area contributed by atoms with Gasteiger partial charge in [-0.25, -0.2) is 9.59 Å². The predicted octanol–water partition coefficient (Wildman–Crippen LogP) is 4.53. The van der Waals surface area contributed by atoms with Gasteiger partial charge in [-0.15, -0.1) is 0 Å². The lowest BCUT2D eigenvalue weighted by Crippen LogP contribution is -2.17. The number of ether oxygens (including phenoxy) is 2. The van der Waals surface area contributed by atoms with E-state index in [1.165, 1.54) is 0 Å². The third-order valence-corrected chi connectivity index (χ3v) is 3.87. The number of hydrogen-bond acceptors (Lipinski definition) is 4. The minimum absolute atomic E-state index is 0.237. The van der Waals surface area contributed by atoms with Gasteiger partial charge in [0.15, 0.2) is 0 Å². The maximum absolute atomic E-state index is 12.2. The van der Waals surface area contributed by atoms with Crippen molar-refractivity contribution in [3.05, 3.63) is 33.3 Å². The van der Waals surface area contributed by atoms with E-state index in [0.29, 0.717) is 13.2 Å². The minimum Gasteiger partial charge on any atom is -0.462 e. The van der Waals surface area contributed by atoms with E-state index >= 15 is 0 Å². The van der Waals surface area contributed by atoms with E-state index in [2.05, 4.69) is 15.9 Å². The summed E-state index contributed by atoms with van der Waals surface area (Å²) < 4.78 is 11.2. The van der Waals surface area contributed by atoms with Crippen LogP contribution in [0.3, 0.4) is 0 Å². The number of carbonyl (C=O) groups is 2. The van der Waals surface area contributed by atoms with Crippen LogP contribution in [0.2, 0.25) is 0 Å². The Morgan fingerprint density at radius 3 is 2.32 bits per heavy atom. The minimum atomic E-state index is -0.495. The largest absolute Gasteiger partial charge is 0.462 e. The summed E-state index contributed by atoms with van der Waals surface area (Å²) in [4.78, 5) is 24.4. The van der Waals surface area contributed by atoms with Crippen molar-refractivity contribution in [2.45, 2.75) is 40.5 Å². The monoisotopic (exact) mass is 370 g/mol. The molecule has 0 aromatic heterocycles. The van der Waals surface area contributed by atoms with Crippen LogP contribution in [0.25, 0.3) is 0 Å². The average molecular weight is 371 g/mol. The first-order valence-corrected chi connectivity index (χ1v) is 8.30. The first-order valence-electron chi connectivity index (χ1n) is 7.51. The number of halogens is 1. The van der Waals surface area contributed by atoms with Gasteiger partial charge in [0, 0.05) is 4.47 Å². The molecule has 0 fully saturated rings. The molecule has 5 heteroatoms. The van der Waals surface area contributed by atoms with Crippen LogP contribution in [-0.2, 0) is 9.47 Å². The second kappa shape index (κ2) is 8.93.